The summed E-state index contributed by atoms with van der Waals surface area (Å²) in [4.78, 5) is 0. The summed E-state index contributed by atoms with van der Waals surface area (Å²) in [6.45, 7) is 2.49. The Labute approximate surface area is 161 Å². The highest BCUT2D eigenvalue weighted by atomic mass is 35.5. The van der Waals surface area contributed by atoms with Crippen LogP contribution < -0.4 is 0 Å². The highest BCUT2D eigenvalue weighted by Gasteiger charge is 2.48. The average molecular weight is 405 g/mol. The topological polar surface area (TPSA) is 32.8 Å². The molecule has 1 aliphatic carbocycles. The lowest BCUT2D eigenvalue weighted by atomic mass is 9.86. The van der Waals surface area contributed by atoms with E-state index < -0.39 is 7.67 Å². The molecule has 3 atom stereocenters. The lowest BCUT2D eigenvalue weighted by Crippen LogP contribution is -2.47. The first-order valence-corrected chi connectivity index (χ1v) is 11.7. The van der Waals surface area contributed by atoms with Crippen molar-refractivity contribution in [2.75, 3.05) is 31.4 Å². The summed E-state index contributed by atoms with van der Waals surface area (Å²) in [7, 11) is -3.12. The largest absolute Gasteiger partial charge is 0.346 e. The first-order valence-electron chi connectivity index (χ1n) is 9.12. The maximum absolute atomic E-state index is 14.0. The van der Waals surface area contributed by atoms with Crippen LogP contribution in [0.15, 0.2) is 30.3 Å². The van der Waals surface area contributed by atoms with E-state index in [1.54, 1.807) is 0 Å². The predicted molar refractivity (Wildman–Crippen MR) is 104 cm³/mol. The first kappa shape index (κ1) is 19.7. The van der Waals surface area contributed by atoms with Gasteiger partial charge in [-0.15, -0.1) is 23.2 Å². The standard InChI is InChI=1S/C18H27Cl2N2O2P/c19-10-12-21(13-11-20)25(23)22(14-16-6-2-1-3-7-16)15-17-8-4-5-9-18(17)24-25/h1-3,6-7,17-18H,4-5,8-15H2/t17-,18-,25+/m0/s1. The van der Waals surface area contributed by atoms with Gasteiger partial charge in [0.1, 0.15) is 0 Å². The number of alkyl halides is 2. The average Bonchev–Trinajstić information content (AvgIpc) is 2.63. The van der Waals surface area contributed by atoms with E-state index in [1.165, 1.54) is 6.42 Å². The molecule has 7 heteroatoms. The van der Waals surface area contributed by atoms with Gasteiger partial charge in [-0.25, -0.2) is 9.34 Å². The Morgan fingerprint density at radius 1 is 1.12 bits per heavy atom. The van der Waals surface area contributed by atoms with Crippen LogP contribution in [0.3, 0.4) is 0 Å². The van der Waals surface area contributed by atoms with Gasteiger partial charge in [-0.2, -0.15) is 0 Å². The number of nitrogens with zero attached hydrogens (tertiary/aromatic N) is 2. The Hall–Kier alpha value is -0.0900. The van der Waals surface area contributed by atoms with Gasteiger partial charge < -0.3 is 4.52 Å². The number of hydrogen-bond donors (Lipinski definition) is 0. The van der Waals surface area contributed by atoms with E-state index in [4.69, 9.17) is 27.7 Å². The molecule has 1 aliphatic heterocycles. The van der Waals surface area contributed by atoms with Gasteiger partial charge in [0.2, 0.25) is 0 Å². The van der Waals surface area contributed by atoms with Gasteiger partial charge in [-0.3, -0.25) is 4.57 Å². The molecule has 0 amide bonds. The van der Waals surface area contributed by atoms with Crippen molar-refractivity contribution in [2.45, 2.75) is 38.3 Å². The van der Waals surface area contributed by atoms with Crippen molar-refractivity contribution in [1.82, 2.24) is 9.34 Å². The Kier molecular flexibility index (Phi) is 7.25. The summed E-state index contributed by atoms with van der Waals surface area (Å²) < 4.78 is 24.3. The Bertz CT molecular complexity index is 584. The van der Waals surface area contributed by atoms with Crippen molar-refractivity contribution in [1.29, 1.82) is 0 Å². The van der Waals surface area contributed by atoms with Crippen LogP contribution in [0, 0.1) is 5.92 Å². The van der Waals surface area contributed by atoms with E-state index in [-0.39, 0.29) is 6.10 Å². The van der Waals surface area contributed by atoms with Crippen LogP contribution in [0.4, 0.5) is 0 Å². The lowest BCUT2D eigenvalue weighted by molar-refractivity contribution is 0.0221. The summed E-state index contributed by atoms with van der Waals surface area (Å²) in [5.74, 6) is 1.29. The zero-order valence-corrected chi connectivity index (χ0v) is 16.9. The molecule has 0 unspecified atom stereocenters. The highest BCUT2D eigenvalue weighted by Crippen LogP contribution is 2.60. The Morgan fingerprint density at radius 3 is 2.48 bits per heavy atom. The summed E-state index contributed by atoms with van der Waals surface area (Å²) in [6.07, 6.45) is 4.65. The van der Waals surface area contributed by atoms with Crippen LogP contribution in [0.1, 0.15) is 31.2 Å². The van der Waals surface area contributed by atoms with Crippen LogP contribution in [0.25, 0.3) is 0 Å². The van der Waals surface area contributed by atoms with Gasteiger partial charge in [0, 0.05) is 37.9 Å². The van der Waals surface area contributed by atoms with Crippen molar-refractivity contribution in [3.8, 4) is 0 Å². The molecular weight excluding hydrogens is 378 g/mol. The van der Waals surface area contributed by atoms with Gasteiger partial charge >= 0.3 is 7.67 Å². The van der Waals surface area contributed by atoms with Gasteiger partial charge in [-0.1, -0.05) is 43.2 Å². The minimum Gasteiger partial charge on any atom is -0.302 e. The van der Waals surface area contributed by atoms with Crippen LogP contribution in [-0.4, -0.2) is 46.8 Å². The van der Waals surface area contributed by atoms with Gasteiger partial charge in [0.25, 0.3) is 0 Å². The first-order chi connectivity index (χ1) is 12.2. The van der Waals surface area contributed by atoms with Gasteiger partial charge in [0.05, 0.1) is 6.10 Å². The second kappa shape index (κ2) is 9.21. The second-order valence-electron chi connectivity index (χ2n) is 6.84. The molecule has 1 aromatic carbocycles. The number of benzene rings is 1. The molecule has 0 spiro atoms. The molecular formula is C18H27Cl2N2O2P. The minimum absolute atomic E-state index is 0.0970. The summed E-state index contributed by atoms with van der Waals surface area (Å²) in [5, 5.41) is 0. The monoisotopic (exact) mass is 404 g/mol. The third kappa shape index (κ3) is 4.61. The molecule has 25 heavy (non-hydrogen) atoms. The molecule has 0 radical (unpaired) electrons. The van der Waals surface area contributed by atoms with Gasteiger partial charge in [-0.05, 0) is 24.3 Å². The van der Waals surface area contributed by atoms with Crippen molar-refractivity contribution in [3.63, 3.8) is 0 Å². The fraction of sp³-hybridized carbons (Fsp3) is 0.667. The lowest BCUT2D eigenvalue weighted by Gasteiger charge is -2.48. The molecule has 0 bridgehead atoms. The van der Waals surface area contributed by atoms with E-state index in [9.17, 15) is 4.57 Å². The molecule has 1 saturated carbocycles. The summed E-state index contributed by atoms with van der Waals surface area (Å²) in [5.41, 5.74) is 1.15. The summed E-state index contributed by atoms with van der Waals surface area (Å²) in [6, 6.07) is 10.2. The minimum atomic E-state index is -3.12. The zero-order valence-electron chi connectivity index (χ0n) is 14.5. The molecule has 1 aromatic rings. The molecule has 2 aliphatic rings. The third-order valence-corrected chi connectivity index (χ3v) is 8.18. The third-order valence-electron chi connectivity index (χ3n) is 5.17. The van der Waals surface area contributed by atoms with Crippen molar-refractivity contribution < 1.29 is 9.09 Å². The van der Waals surface area contributed by atoms with Crippen molar-refractivity contribution in [2.24, 2.45) is 5.92 Å². The maximum atomic E-state index is 14.0. The van der Waals surface area contributed by atoms with E-state index in [0.717, 1.165) is 31.4 Å². The zero-order chi connectivity index (χ0) is 17.7. The van der Waals surface area contributed by atoms with Crippen LogP contribution in [0.2, 0.25) is 0 Å². The second-order valence-corrected chi connectivity index (χ2v) is 9.92. The molecule has 0 N–H and O–H groups in total. The Morgan fingerprint density at radius 2 is 1.80 bits per heavy atom. The maximum Gasteiger partial charge on any atom is 0.346 e. The number of hydrogen-bond acceptors (Lipinski definition) is 2. The highest BCUT2D eigenvalue weighted by molar-refractivity contribution is 7.54. The fourth-order valence-corrected chi connectivity index (χ4v) is 7.25. The molecule has 1 saturated heterocycles. The number of rotatable bonds is 7. The molecule has 1 heterocycles. The quantitative estimate of drug-likeness (QED) is 0.474. The smallest absolute Gasteiger partial charge is 0.302 e. The van der Waals surface area contributed by atoms with Gasteiger partial charge in [0.15, 0.2) is 0 Å². The number of halogens is 2. The molecule has 0 aromatic heterocycles. The molecule has 2 fully saturated rings. The summed E-state index contributed by atoms with van der Waals surface area (Å²) >= 11 is 12.0. The SMILES string of the molecule is O=[P@]1(N(CCCl)CCCl)O[C@H]2CCCC[C@H]2CN1Cc1ccccc1. The van der Waals surface area contributed by atoms with Crippen molar-refractivity contribution >= 4 is 30.9 Å². The predicted octanol–water partition coefficient (Wildman–Crippen LogP) is 4.97. The Balaban J connectivity index is 1.87. The molecule has 3 rings (SSSR count). The van der Waals surface area contributed by atoms with E-state index in [0.29, 0.717) is 37.3 Å². The van der Waals surface area contributed by atoms with E-state index >= 15 is 0 Å². The van der Waals surface area contributed by atoms with E-state index in [1.807, 2.05) is 27.5 Å². The van der Waals surface area contributed by atoms with E-state index in [2.05, 4.69) is 12.1 Å². The number of fused-ring (bicyclic) bond motifs is 1. The van der Waals surface area contributed by atoms with Crippen molar-refractivity contribution in [3.05, 3.63) is 35.9 Å². The molecule has 140 valence electrons. The fourth-order valence-electron chi connectivity index (χ4n) is 3.89. The van der Waals surface area contributed by atoms with Crippen LogP contribution in [-0.2, 0) is 15.6 Å². The van der Waals surface area contributed by atoms with Crippen LogP contribution >= 0.6 is 30.9 Å². The molecule has 4 nitrogen and oxygen atoms in total. The normalized spacial score (nSPS) is 30.4. The van der Waals surface area contributed by atoms with Crippen LogP contribution in [0.5, 0.6) is 0 Å².